The number of nitrogens with one attached hydrogen (secondary N) is 1. The van der Waals surface area contributed by atoms with Gasteiger partial charge in [-0.3, -0.25) is 14.8 Å². The third-order valence-electron chi connectivity index (χ3n) is 2.39. The van der Waals surface area contributed by atoms with Crippen molar-refractivity contribution in [3.8, 4) is 0 Å². The van der Waals surface area contributed by atoms with Crippen molar-refractivity contribution in [2.24, 2.45) is 0 Å². The third kappa shape index (κ3) is 3.44. The highest BCUT2D eigenvalue weighted by molar-refractivity contribution is 7.92. The van der Waals surface area contributed by atoms with Gasteiger partial charge >= 0.3 is 5.69 Å². The largest absolute Gasteiger partial charge is 0.304 e. The van der Waals surface area contributed by atoms with Gasteiger partial charge in [-0.05, 0) is 12.1 Å². The zero-order chi connectivity index (χ0) is 15.6. The standard InChI is InChI=1S/C11H7ClFN3O4S/c12-7-3-4-14-11(5-7)15-21(19,20)8-1-2-10(16(17)18)9(13)6-8/h1-6H,(H,14,15). The smallest absolute Gasteiger partial charge is 0.263 e. The molecule has 0 aliphatic carbocycles. The summed E-state index contributed by atoms with van der Waals surface area (Å²) in [5, 5.41) is 10.7. The first kappa shape index (κ1) is 15.1. The number of nitro benzene ring substituents is 1. The monoisotopic (exact) mass is 331 g/mol. The summed E-state index contributed by atoms with van der Waals surface area (Å²) < 4.78 is 39.6. The van der Waals surface area contributed by atoms with E-state index in [2.05, 4.69) is 9.71 Å². The summed E-state index contributed by atoms with van der Waals surface area (Å²) in [6.45, 7) is 0. The van der Waals surface area contributed by atoms with E-state index >= 15 is 0 Å². The summed E-state index contributed by atoms with van der Waals surface area (Å²) in [5.74, 6) is -1.30. The van der Waals surface area contributed by atoms with E-state index in [9.17, 15) is 22.9 Å². The summed E-state index contributed by atoms with van der Waals surface area (Å²) in [5.41, 5.74) is -0.810. The van der Waals surface area contributed by atoms with Gasteiger partial charge in [0.25, 0.3) is 10.0 Å². The molecule has 0 radical (unpaired) electrons. The molecule has 0 saturated heterocycles. The molecule has 0 unspecified atom stereocenters. The van der Waals surface area contributed by atoms with Crippen LogP contribution in [0, 0.1) is 15.9 Å². The van der Waals surface area contributed by atoms with E-state index in [0.29, 0.717) is 6.07 Å². The van der Waals surface area contributed by atoms with Crippen LogP contribution in [0.4, 0.5) is 15.9 Å². The Bertz CT molecular complexity index is 813. The minimum atomic E-state index is -4.13. The molecule has 0 amide bonds. The number of halogens is 2. The van der Waals surface area contributed by atoms with Crippen molar-refractivity contribution < 1.29 is 17.7 Å². The van der Waals surface area contributed by atoms with Crippen LogP contribution in [0.3, 0.4) is 0 Å². The van der Waals surface area contributed by atoms with Crippen LogP contribution in [0.2, 0.25) is 5.02 Å². The zero-order valence-electron chi connectivity index (χ0n) is 10.2. The van der Waals surface area contributed by atoms with Crippen LogP contribution in [0.5, 0.6) is 0 Å². The van der Waals surface area contributed by atoms with Crippen LogP contribution in [-0.2, 0) is 10.0 Å². The molecule has 0 atom stereocenters. The number of nitrogens with zero attached hydrogens (tertiary/aromatic N) is 2. The molecular weight excluding hydrogens is 325 g/mol. The van der Waals surface area contributed by atoms with Crippen molar-refractivity contribution in [1.82, 2.24) is 4.98 Å². The van der Waals surface area contributed by atoms with Gasteiger partial charge in [-0.1, -0.05) is 11.6 Å². The molecule has 0 fully saturated rings. The van der Waals surface area contributed by atoms with E-state index in [4.69, 9.17) is 11.6 Å². The Labute approximate surface area is 123 Å². The van der Waals surface area contributed by atoms with Crippen molar-refractivity contribution in [3.05, 3.63) is 57.5 Å². The Kier molecular flexibility index (Phi) is 4.05. The molecule has 10 heteroatoms. The molecular formula is C11H7ClFN3O4S. The van der Waals surface area contributed by atoms with Crippen LogP contribution in [0.15, 0.2) is 41.4 Å². The lowest BCUT2D eigenvalue weighted by molar-refractivity contribution is -0.387. The SMILES string of the molecule is O=[N+]([O-])c1ccc(S(=O)(=O)Nc2cc(Cl)ccn2)cc1F. The Morgan fingerprint density at radius 3 is 2.57 bits per heavy atom. The fraction of sp³-hybridized carbons (Fsp3) is 0. The average molecular weight is 332 g/mol. The molecule has 0 saturated carbocycles. The maximum absolute atomic E-state index is 13.5. The first-order valence-electron chi connectivity index (χ1n) is 5.38. The molecule has 21 heavy (non-hydrogen) atoms. The Balaban J connectivity index is 2.36. The van der Waals surface area contributed by atoms with Crippen LogP contribution in [0.25, 0.3) is 0 Å². The number of rotatable bonds is 4. The van der Waals surface area contributed by atoms with Gasteiger partial charge in [0.05, 0.1) is 9.82 Å². The lowest BCUT2D eigenvalue weighted by atomic mass is 10.3. The first-order valence-corrected chi connectivity index (χ1v) is 7.24. The normalized spacial score (nSPS) is 11.1. The Morgan fingerprint density at radius 2 is 2.00 bits per heavy atom. The van der Waals surface area contributed by atoms with Gasteiger partial charge in [0.1, 0.15) is 5.82 Å². The maximum atomic E-state index is 13.5. The summed E-state index contributed by atoms with van der Waals surface area (Å²) in [6, 6.07) is 4.97. The number of sulfonamides is 1. The van der Waals surface area contributed by atoms with Crippen molar-refractivity contribution in [2.75, 3.05) is 4.72 Å². The van der Waals surface area contributed by atoms with Gasteiger partial charge in [-0.25, -0.2) is 13.4 Å². The first-order chi connectivity index (χ1) is 9.79. The zero-order valence-corrected chi connectivity index (χ0v) is 11.7. The highest BCUT2D eigenvalue weighted by Crippen LogP contribution is 2.22. The molecule has 1 aromatic heterocycles. The van der Waals surface area contributed by atoms with Gasteiger partial charge in [-0.2, -0.15) is 4.39 Å². The van der Waals surface area contributed by atoms with Crippen LogP contribution in [-0.4, -0.2) is 18.3 Å². The Hall–Kier alpha value is -2.26. The van der Waals surface area contributed by atoms with E-state index in [0.717, 1.165) is 12.1 Å². The predicted molar refractivity (Wildman–Crippen MR) is 73.1 cm³/mol. The van der Waals surface area contributed by atoms with Gasteiger partial charge in [0.2, 0.25) is 5.82 Å². The number of anilines is 1. The second-order valence-corrected chi connectivity index (χ2v) is 5.95. The van der Waals surface area contributed by atoms with Crippen molar-refractivity contribution >= 4 is 33.1 Å². The van der Waals surface area contributed by atoms with Crippen LogP contribution >= 0.6 is 11.6 Å². The lowest BCUT2D eigenvalue weighted by Gasteiger charge is -2.07. The van der Waals surface area contributed by atoms with Crippen molar-refractivity contribution in [2.45, 2.75) is 4.90 Å². The molecule has 1 N–H and O–H groups in total. The minimum absolute atomic E-state index is 0.0544. The van der Waals surface area contributed by atoms with E-state index in [-0.39, 0.29) is 10.8 Å². The molecule has 2 aromatic rings. The van der Waals surface area contributed by atoms with Gasteiger partial charge in [0, 0.05) is 29.4 Å². The molecule has 110 valence electrons. The predicted octanol–water partition coefficient (Wildman–Crippen LogP) is 2.58. The molecule has 2 rings (SSSR count). The van der Waals surface area contributed by atoms with Gasteiger partial charge in [-0.15, -0.1) is 0 Å². The van der Waals surface area contributed by atoms with Gasteiger partial charge < -0.3 is 0 Å². The molecule has 0 aliphatic heterocycles. The third-order valence-corrected chi connectivity index (χ3v) is 3.97. The molecule has 1 heterocycles. The topological polar surface area (TPSA) is 102 Å². The van der Waals surface area contributed by atoms with E-state index < -0.39 is 31.3 Å². The number of hydrogen-bond acceptors (Lipinski definition) is 5. The molecule has 1 aromatic carbocycles. The summed E-state index contributed by atoms with van der Waals surface area (Å²) in [7, 11) is -4.13. The van der Waals surface area contributed by atoms with E-state index in [1.165, 1.54) is 18.3 Å². The van der Waals surface area contributed by atoms with Crippen molar-refractivity contribution in [3.63, 3.8) is 0 Å². The number of nitro groups is 1. The summed E-state index contributed by atoms with van der Waals surface area (Å²) >= 11 is 5.69. The number of hydrogen-bond donors (Lipinski definition) is 1. The highest BCUT2D eigenvalue weighted by atomic mass is 35.5. The second kappa shape index (κ2) is 5.62. The number of pyridine rings is 1. The number of benzene rings is 1. The molecule has 7 nitrogen and oxygen atoms in total. The molecule has 0 bridgehead atoms. The molecule has 0 spiro atoms. The summed E-state index contributed by atoms with van der Waals surface area (Å²) in [6.07, 6.45) is 1.29. The van der Waals surface area contributed by atoms with Crippen LogP contribution in [0.1, 0.15) is 0 Å². The van der Waals surface area contributed by atoms with Gasteiger partial charge in [0.15, 0.2) is 0 Å². The summed E-state index contributed by atoms with van der Waals surface area (Å²) in [4.78, 5) is 12.8. The Morgan fingerprint density at radius 1 is 1.29 bits per heavy atom. The van der Waals surface area contributed by atoms with E-state index in [1.807, 2.05) is 0 Å². The lowest BCUT2D eigenvalue weighted by Crippen LogP contribution is -2.14. The fourth-order valence-electron chi connectivity index (χ4n) is 1.46. The van der Waals surface area contributed by atoms with E-state index in [1.54, 1.807) is 0 Å². The number of aromatic nitrogens is 1. The minimum Gasteiger partial charge on any atom is -0.263 e. The highest BCUT2D eigenvalue weighted by Gasteiger charge is 2.21. The van der Waals surface area contributed by atoms with Crippen molar-refractivity contribution in [1.29, 1.82) is 0 Å². The quantitative estimate of drug-likeness (QED) is 0.685. The fourth-order valence-corrected chi connectivity index (χ4v) is 2.63. The maximum Gasteiger partial charge on any atom is 0.304 e. The second-order valence-electron chi connectivity index (χ2n) is 3.84. The van der Waals surface area contributed by atoms with Crippen LogP contribution < -0.4 is 4.72 Å². The molecule has 0 aliphatic rings. The average Bonchev–Trinajstić information content (AvgIpc) is 2.37.